The topological polar surface area (TPSA) is 43.4 Å². The summed E-state index contributed by atoms with van der Waals surface area (Å²) in [5.74, 6) is 1.32. The lowest BCUT2D eigenvalue weighted by Crippen LogP contribution is -2.13. The summed E-state index contributed by atoms with van der Waals surface area (Å²) in [7, 11) is 1.56. The number of aromatic nitrogens is 1. The first-order valence-corrected chi connectivity index (χ1v) is 4.82. The Morgan fingerprint density at radius 2 is 2.25 bits per heavy atom. The molecule has 0 aliphatic carbocycles. The molecule has 0 atom stereocenters. The lowest BCUT2D eigenvalue weighted by molar-refractivity contribution is 0.0215. The summed E-state index contributed by atoms with van der Waals surface area (Å²) in [5.41, 5.74) is 0. The van der Waals surface area contributed by atoms with Crippen molar-refractivity contribution in [2.75, 3.05) is 32.2 Å². The summed E-state index contributed by atoms with van der Waals surface area (Å²) in [4.78, 5) is 4.04. The molecule has 1 N–H and O–H groups in total. The van der Waals surface area contributed by atoms with Gasteiger partial charge in [-0.25, -0.2) is 13.8 Å². The molecule has 1 aromatic heterocycles. The fraction of sp³-hybridized carbons (Fsp3) is 0.500. The predicted octanol–water partition coefficient (Wildman–Crippen LogP) is 1.78. The van der Waals surface area contributed by atoms with Crippen molar-refractivity contribution >= 4 is 5.82 Å². The zero-order valence-electron chi connectivity index (χ0n) is 8.95. The fourth-order valence-corrected chi connectivity index (χ4v) is 1.03. The van der Waals surface area contributed by atoms with Crippen LogP contribution in [0.3, 0.4) is 0 Å². The lowest BCUT2D eigenvalue weighted by Gasteiger charge is -2.06. The number of rotatable bonds is 7. The van der Waals surface area contributed by atoms with Crippen molar-refractivity contribution in [3.63, 3.8) is 0 Å². The Bertz CT molecular complexity index is 293. The van der Waals surface area contributed by atoms with Gasteiger partial charge in [0.05, 0.1) is 19.9 Å². The molecule has 0 spiro atoms. The number of ether oxygens (including phenoxy) is 2. The van der Waals surface area contributed by atoms with Crippen LogP contribution in [-0.4, -0.2) is 38.3 Å². The van der Waals surface area contributed by atoms with Crippen molar-refractivity contribution in [2.24, 2.45) is 0 Å². The number of pyridine rings is 1. The highest BCUT2D eigenvalue weighted by molar-refractivity contribution is 5.37. The number of methoxy groups -OCH3 is 1. The van der Waals surface area contributed by atoms with Crippen molar-refractivity contribution in [1.82, 2.24) is 4.98 Å². The second kappa shape index (κ2) is 6.95. The molecular weight excluding hydrogens is 218 g/mol. The van der Waals surface area contributed by atoms with Crippen molar-refractivity contribution in [3.05, 3.63) is 18.3 Å². The molecule has 0 unspecified atom stereocenters. The van der Waals surface area contributed by atoms with Gasteiger partial charge in [0.15, 0.2) is 0 Å². The highest BCUT2D eigenvalue weighted by Gasteiger charge is 2.01. The first-order chi connectivity index (χ1) is 7.72. The number of alkyl halides is 2. The molecule has 0 saturated carbocycles. The zero-order chi connectivity index (χ0) is 11.8. The molecule has 0 fully saturated rings. The Morgan fingerprint density at radius 3 is 2.81 bits per heavy atom. The minimum absolute atomic E-state index is 0.220. The first kappa shape index (κ1) is 12.6. The lowest BCUT2D eigenvalue weighted by atomic mass is 10.4. The first-order valence-electron chi connectivity index (χ1n) is 4.82. The van der Waals surface area contributed by atoms with Gasteiger partial charge in [-0.2, -0.15) is 0 Å². The van der Waals surface area contributed by atoms with Crippen LogP contribution in [0.15, 0.2) is 18.3 Å². The van der Waals surface area contributed by atoms with Gasteiger partial charge in [0.1, 0.15) is 18.2 Å². The van der Waals surface area contributed by atoms with Crippen LogP contribution in [0.1, 0.15) is 0 Å². The van der Waals surface area contributed by atoms with E-state index in [0.717, 1.165) is 0 Å². The van der Waals surface area contributed by atoms with E-state index in [2.05, 4.69) is 10.3 Å². The number of hydrogen-bond donors (Lipinski definition) is 1. The maximum atomic E-state index is 11.7. The number of nitrogens with zero attached hydrogens (tertiary/aromatic N) is 1. The van der Waals surface area contributed by atoms with Crippen LogP contribution in [0.25, 0.3) is 0 Å². The van der Waals surface area contributed by atoms with E-state index in [1.807, 2.05) is 0 Å². The van der Waals surface area contributed by atoms with Crippen LogP contribution in [0.4, 0.5) is 14.6 Å². The van der Waals surface area contributed by atoms with Gasteiger partial charge in [-0.15, -0.1) is 0 Å². The van der Waals surface area contributed by atoms with E-state index in [1.165, 1.54) is 0 Å². The average molecular weight is 232 g/mol. The molecule has 0 saturated heterocycles. The standard InChI is InChI=1S/C10H14F2N2O2/c1-15-8-2-3-10(14-6-8)13-4-5-16-7-9(11)12/h2-3,6,9H,4-5,7H2,1H3,(H,13,14). The van der Waals surface area contributed by atoms with Gasteiger partial charge in [0.25, 0.3) is 6.43 Å². The number of anilines is 1. The summed E-state index contributed by atoms with van der Waals surface area (Å²) in [6.45, 7) is 0.127. The molecule has 0 bridgehead atoms. The number of hydrogen-bond acceptors (Lipinski definition) is 4. The van der Waals surface area contributed by atoms with Gasteiger partial charge in [0, 0.05) is 6.54 Å². The molecule has 1 heterocycles. The molecule has 1 aromatic rings. The molecule has 4 nitrogen and oxygen atoms in total. The monoisotopic (exact) mass is 232 g/mol. The second-order valence-electron chi connectivity index (χ2n) is 2.98. The van der Waals surface area contributed by atoms with Gasteiger partial charge in [-0.1, -0.05) is 0 Å². The molecule has 0 amide bonds. The Hall–Kier alpha value is -1.43. The Morgan fingerprint density at radius 1 is 1.44 bits per heavy atom. The van der Waals surface area contributed by atoms with Gasteiger partial charge < -0.3 is 14.8 Å². The smallest absolute Gasteiger partial charge is 0.261 e. The van der Waals surface area contributed by atoms with E-state index in [1.54, 1.807) is 25.4 Å². The van der Waals surface area contributed by atoms with Gasteiger partial charge >= 0.3 is 0 Å². The van der Waals surface area contributed by atoms with Gasteiger partial charge in [-0.05, 0) is 12.1 Å². The highest BCUT2D eigenvalue weighted by Crippen LogP contribution is 2.10. The summed E-state index contributed by atoms with van der Waals surface area (Å²) in [5, 5.41) is 2.93. The van der Waals surface area contributed by atoms with Crippen LogP contribution in [0, 0.1) is 0 Å². The SMILES string of the molecule is COc1ccc(NCCOCC(F)F)nc1. The van der Waals surface area contributed by atoms with Crippen LogP contribution in [0.5, 0.6) is 5.75 Å². The molecule has 90 valence electrons. The summed E-state index contributed by atoms with van der Waals surface area (Å²) in [6.07, 6.45) is -0.846. The van der Waals surface area contributed by atoms with E-state index in [9.17, 15) is 8.78 Å². The van der Waals surface area contributed by atoms with Crippen molar-refractivity contribution in [2.45, 2.75) is 6.43 Å². The van der Waals surface area contributed by atoms with Crippen LogP contribution in [0.2, 0.25) is 0 Å². The predicted molar refractivity (Wildman–Crippen MR) is 56.1 cm³/mol. The van der Waals surface area contributed by atoms with E-state index >= 15 is 0 Å². The summed E-state index contributed by atoms with van der Waals surface area (Å²) in [6, 6.07) is 3.50. The normalized spacial score (nSPS) is 10.5. The molecule has 0 aromatic carbocycles. The highest BCUT2D eigenvalue weighted by atomic mass is 19.3. The maximum absolute atomic E-state index is 11.7. The zero-order valence-corrected chi connectivity index (χ0v) is 8.95. The molecule has 1 rings (SSSR count). The largest absolute Gasteiger partial charge is 0.495 e. The molecule has 6 heteroatoms. The quantitative estimate of drug-likeness (QED) is 0.728. The Balaban J connectivity index is 2.16. The summed E-state index contributed by atoms with van der Waals surface area (Å²) < 4.78 is 33.0. The molecular formula is C10H14F2N2O2. The van der Waals surface area contributed by atoms with Gasteiger partial charge in [-0.3, -0.25) is 0 Å². The van der Waals surface area contributed by atoms with Crippen LogP contribution < -0.4 is 10.1 Å². The Kier molecular flexibility index (Phi) is 5.49. The molecule has 0 radical (unpaired) electrons. The minimum atomic E-state index is -2.42. The van der Waals surface area contributed by atoms with Crippen molar-refractivity contribution in [3.8, 4) is 5.75 Å². The molecule has 0 aliphatic rings. The van der Waals surface area contributed by atoms with E-state index in [4.69, 9.17) is 9.47 Å². The summed E-state index contributed by atoms with van der Waals surface area (Å²) >= 11 is 0. The Labute approximate surface area is 92.6 Å². The third-order valence-corrected chi connectivity index (χ3v) is 1.77. The van der Waals surface area contributed by atoms with Gasteiger partial charge in [0.2, 0.25) is 0 Å². The maximum Gasteiger partial charge on any atom is 0.261 e. The average Bonchev–Trinajstić information content (AvgIpc) is 2.29. The number of halogens is 2. The second-order valence-corrected chi connectivity index (χ2v) is 2.98. The third kappa shape index (κ3) is 4.88. The molecule has 0 aliphatic heterocycles. The van der Waals surface area contributed by atoms with E-state index in [-0.39, 0.29) is 6.61 Å². The van der Waals surface area contributed by atoms with Crippen molar-refractivity contribution < 1.29 is 18.3 Å². The van der Waals surface area contributed by atoms with E-state index in [0.29, 0.717) is 18.1 Å². The van der Waals surface area contributed by atoms with E-state index < -0.39 is 13.0 Å². The van der Waals surface area contributed by atoms with Crippen LogP contribution in [-0.2, 0) is 4.74 Å². The molecule has 16 heavy (non-hydrogen) atoms. The fourth-order valence-electron chi connectivity index (χ4n) is 1.03. The van der Waals surface area contributed by atoms with Crippen molar-refractivity contribution in [1.29, 1.82) is 0 Å². The number of nitrogens with one attached hydrogen (secondary N) is 1. The van der Waals surface area contributed by atoms with Crippen LogP contribution >= 0.6 is 0 Å². The third-order valence-electron chi connectivity index (χ3n) is 1.77. The minimum Gasteiger partial charge on any atom is -0.495 e.